The molecule has 3 rings (SSSR count). The van der Waals surface area contributed by atoms with Gasteiger partial charge in [0.25, 0.3) is 0 Å². The van der Waals surface area contributed by atoms with Gasteiger partial charge in [-0.15, -0.1) is 0 Å². The standard InChI is InChI=1S/C10H12BrN5O3/c11-8-7-9(15-10(12)14-8)16(3-13-7)6-1-4(18)5(2-17)19-6/h3-6,17-18H,1-2H2,(H2,12,14,15)/t4-,5+,6?/m0/s1. The monoisotopic (exact) mass is 329 g/mol. The number of aliphatic hydroxyl groups excluding tert-OH is 2. The van der Waals surface area contributed by atoms with Gasteiger partial charge in [0.2, 0.25) is 5.95 Å². The van der Waals surface area contributed by atoms with Gasteiger partial charge < -0.3 is 20.7 Å². The van der Waals surface area contributed by atoms with E-state index in [1.165, 1.54) is 0 Å². The molecule has 2 aromatic rings. The molecule has 1 aliphatic rings. The van der Waals surface area contributed by atoms with Crippen LogP contribution < -0.4 is 5.73 Å². The van der Waals surface area contributed by atoms with Crippen molar-refractivity contribution in [2.75, 3.05) is 12.3 Å². The van der Waals surface area contributed by atoms with E-state index >= 15 is 0 Å². The Morgan fingerprint density at radius 1 is 1.53 bits per heavy atom. The molecule has 0 aromatic carbocycles. The molecule has 0 spiro atoms. The first-order valence-corrected chi connectivity index (χ1v) is 6.49. The number of rotatable bonds is 2. The van der Waals surface area contributed by atoms with Gasteiger partial charge in [-0.2, -0.15) is 4.98 Å². The number of hydrogen-bond donors (Lipinski definition) is 3. The number of nitrogens with zero attached hydrogens (tertiary/aromatic N) is 4. The van der Waals surface area contributed by atoms with Crippen LogP contribution in [0.3, 0.4) is 0 Å². The Hall–Kier alpha value is -1.29. The van der Waals surface area contributed by atoms with Crippen LogP contribution in [0.5, 0.6) is 0 Å². The first kappa shape index (κ1) is 12.7. The zero-order chi connectivity index (χ0) is 13.6. The molecule has 0 bridgehead atoms. The molecule has 4 N–H and O–H groups in total. The van der Waals surface area contributed by atoms with Crippen LogP contribution in [0.15, 0.2) is 10.9 Å². The van der Waals surface area contributed by atoms with Gasteiger partial charge in [-0.1, -0.05) is 0 Å². The third-order valence-electron chi connectivity index (χ3n) is 3.09. The lowest BCUT2D eigenvalue weighted by Crippen LogP contribution is -2.24. The van der Waals surface area contributed by atoms with Gasteiger partial charge in [-0.3, -0.25) is 4.57 Å². The third-order valence-corrected chi connectivity index (χ3v) is 3.64. The fourth-order valence-corrected chi connectivity index (χ4v) is 2.62. The fourth-order valence-electron chi connectivity index (χ4n) is 2.16. The van der Waals surface area contributed by atoms with Crippen molar-refractivity contribution in [3.8, 4) is 0 Å². The summed E-state index contributed by atoms with van der Waals surface area (Å²) in [6.45, 7) is -0.231. The molecule has 1 saturated heterocycles. The van der Waals surface area contributed by atoms with Crippen molar-refractivity contribution in [2.24, 2.45) is 0 Å². The number of hydrogen-bond acceptors (Lipinski definition) is 7. The largest absolute Gasteiger partial charge is 0.394 e. The number of fused-ring (bicyclic) bond motifs is 1. The van der Waals surface area contributed by atoms with Crippen molar-refractivity contribution in [1.82, 2.24) is 19.5 Å². The van der Waals surface area contributed by atoms with Crippen molar-refractivity contribution in [3.63, 3.8) is 0 Å². The minimum Gasteiger partial charge on any atom is -0.394 e. The number of anilines is 1. The minimum atomic E-state index is -0.713. The summed E-state index contributed by atoms with van der Waals surface area (Å²) < 4.78 is 7.74. The third kappa shape index (κ3) is 2.08. The van der Waals surface area contributed by atoms with E-state index in [0.717, 1.165) is 0 Å². The van der Waals surface area contributed by atoms with Crippen LogP contribution in [-0.2, 0) is 4.74 Å². The first-order valence-electron chi connectivity index (χ1n) is 5.70. The van der Waals surface area contributed by atoms with Crippen molar-refractivity contribution in [3.05, 3.63) is 10.9 Å². The second-order valence-electron chi connectivity index (χ2n) is 4.31. The molecular weight excluding hydrogens is 318 g/mol. The lowest BCUT2D eigenvalue weighted by atomic mass is 10.2. The highest BCUT2D eigenvalue weighted by Crippen LogP contribution is 2.31. The molecule has 1 aliphatic heterocycles. The summed E-state index contributed by atoms with van der Waals surface area (Å²) in [5.74, 6) is 0.123. The Morgan fingerprint density at radius 3 is 3.00 bits per heavy atom. The predicted octanol–water partition coefficient (Wildman–Crippen LogP) is -0.188. The van der Waals surface area contributed by atoms with E-state index in [1.54, 1.807) is 10.9 Å². The van der Waals surface area contributed by atoms with Crippen molar-refractivity contribution in [1.29, 1.82) is 0 Å². The van der Waals surface area contributed by atoms with E-state index < -0.39 is 18.4 Å². The Balaban J connectivity index is 2.02. The van der Waals surface area contributed by atoms with E-state index in [4.69, 9.17) is 15.6 Å². The lowest BCUT2D eigenvalue weighted by Gasteiger charge is -2.13. The summed E-state index contributed by atoms with van der Waals surface area (Å²) in [5.41, 5.74) is 6.70. The lowest BCUT2D eigenvalue weighted by molar-refractivity contribution is -0.0432. The molecule has 19 heavy (non-hydrogen) atoms. The highest BCUT2D eigenvalue weighted by Gasteiger charge is 2.35. The minimum absolute atomic E-state index is 0.123. The Kier molecular flexibility index (Phi) is 3.13. The number of aliphatic hydroxyl groups is 2. The molecule has 0 radical (unpaired) electrons. The summed E-state index contributed by atoms with van der Waals surface area (Å²) in [6, 6.07) is 0. The molecule has 0 amide bonds. The maximum Gasteiger partial charge on any atom is 0.223 e. The number of nitrogen functional groups attached to an aromatic ring is 1. The second-order valence-corrected chi connectivity index (χ2v) is 5.06. The van der Waals surface area contributed by atoms with Gasteiger partial charge in [0.05, 0.1) is 19.0 Å². The highest BCUT2D eigenvalue weighted by molar-refractivity contribution is 9.10. The van der Waals surface area contributed by atoms with E-state index in [-0.39, 0.29) is 12.6 Å². The van der Waals surface area contributed by atoms with E-state index in [0.29, 0.717) is 22.2 Å². The maximum absolute atomic E-state index is 9.75. The zero-order valence-corrected chi connectivity index (χ0v) is 11.4. The fraction of sp³-hybridized carbons (Fsp3) is 0.500. The summed E-state index contributed by atoms with van der Waals surface area (Å²) in [5, 5.41) is 18.8. The Bertz CT molecular complexity index is 618. The molecule has 2 aromatic heterocycles. The normalized spacial score (nSPS) is 27.2. The molecule has 1 unspecified atom stereocenters. The van der Waals surface area contributed by atoms with Gasteiger partial charge >= 0.3 is 0 Å². The van der Waals surface area contributed by atoms with E-state index in [9.17, 15) is 5.11 Å². The average Bonchev–Trinajstić information content (AvgIpc) is 2.92. The number of halogens is 1. The summed E-state index contributed by atoms with van der Waals surface area (Å²) >= 11 is 3.27. The smallest absolute Gasteiger partial charge is 0.223 e. The van der Waals surface area contributed by atoms with Crippen LogP contribution in [0.4, 0.5) is 5.95 Å². The van der Waals surface area contributed by atoms with Crippen molar-refractivity contribution in [2.45, 2.75) is 24.9 Å². The molecule has 102 valence electrons. The van der Waals surface area contributed by atoms with Crippen LogP contribution in [0.2, 0.25) is 0 Å². The highest BCUT2D eigenvalue weighted by atomic mass is 79.9. The summed E-state index contributed by atoms with van der Waals surface area (Å²) in [4.78, 5) is 12.3. The van der Waals surface area contributed by atoms with Crippen LogP contribution in [0, 0.1) is 0 Å². The van der Waals surface area contributed by atoms with Gasteiger partial charge in [0.1, 0.15) is 22.5 Å². The summed E-state index contributed by atoms with van der Waals surface area (Å²) in [6.07, 6.45) is 0.178. The number of ether oxygens (including phenoxy) is 1. The topological polar surface area (TPSA) is 119 Å². The SMILES string of the molecule is Nc1nc(Br)c2ncn(C3C[C@H](O)[C@@H](CO)O3)c2n1. The van der Waals surface area contributed by atoms with Crippen LogP contribution in [0.25, 0.3) is 11.2 Å². The number of nitrogens with two attached hydrogens (primary N) is 1. The maximum atomic E-state index is 9.75. The predicted molar refractivity (Wildman–Crippen MR) is 69.1 cm³/mol. The van der Waals surface area contributed by atoms with Crippen molar-refractivity contribution >= 4 is 33.0 Å². The number of aromatic nitrogens is 4. The Labute approximate surface area is 116 Å². The zero-order valence-electron chi connectivity index (χ0n) is 9.77. The molecule has 0 saturated carbocycles. The van der Waals surface area contributed by atoms with Crippen LogP contribution in [0.1, 0.15) is 12.6 Å². The second kappa shape index (κ2) is 4.67. The Morgan fingerprint density at radius 2 is 2.32 bits per heavy atom. The summed E-state index contributed by atoms with van der Waals surface area (Å²) in [7, 11) is 0. The van der Waals surface area contributed by atoms with E-state index in [2.05, 4.69) is 30.9 Å². The molecular formula is C10H12BrN5O3. The van der Waals surface area contributed by atoms with Crippen LogP contribution >= 0.6 is 15.9 Å². The van der Waals surface area contributed by atoms with Gasteiger partial charge in [-0.05, 0) is 15.9 Å². The molecule has 0 aliphatic carbocycles. The molecule has 3 heterocycles. The number of imidazole rings is 1. The van der Waals surface area contributed by atoms with Gasteiger partial charge in [-0.25, -0.2) is 9.97 Å². The molecule has 3 atom stereocenters. The van der Waals surface area contributed by atoms with Gasteiger partial charge in [0, 0.05) is 6.42 Å². The molecule has 9 heteroatoms. The quantitative estimate of drug-likeness (QED) is 0.653. The molecule has 8 nitrogen and oxygen atoms in total. The van der Waals surface area contributed by atoms with Gasteiger partial charge in [0.15, 0.2) is 5.65 Å². The molecule has 1 fully saturated rings. The van der Waals surface area contributed by atoms with Crippen LogP contribution in [-0.4, -0.2) is 48.5 Å². The van der Waals surface area contributed by atoms with Crippen molar-refractivity contribution < 1.29 is 14.9 Å². The van der Waals surface area contributed by atoms with E-state index in [1.807, 2.05) is 0 Å². The first-order chi connectivity index (χ1) is 9.10. The average molecular weight is 330 g/mol.